The van der Waals surface area contributed by atoms with Crippen LogP contribution in [0.15, 0.2) is 42.5 Å². The summed E-state index contributed by atoms with van der Waals surface area (Å²) in [6.07, 6.45) is 3.51. The Labute approximate surface area is 170 Å². The van der Waals surface area contributed by atoms with E-state index in [1.54, 1.807) is 0 Å². The van der Waals surface area contributed by atoms with Crippen LogP contribution in [0.3, 0.4) is 0 Å². The standard InChI is InChI=1S/C25H25NO3/c1-24(2)9-10-26-19-5-3-16(11-17(19)13-22(24)26)12-23(27)25(7-8-25)18-4-6-20-21(14-18)29-15-28-20/h3-6,11,13-14H,7-10,12,15H2,1-2H3. The number of Topliss-reactive ketones (excluding diaryl/α,β-unsaturated/α-hetero) is 1. The maximum Gasteiger partial charge on any atom is 0.231 e. The molecule has 0 unspecified atom stereocenters. The quantitative estimate of drug-likeness (QED) is 0.640. The van der Waals surface area contributed by atoms with Crippen LogP contribution in [0, 0.1) is 0 Å². The average Bonchev–Trinajstić information content (AvgIpc) is 3.10. The highest BCUT2D eigenvalue weighted by molar-refractivity contribution is 5.95. The predicted molar refractivity (Wildman–Crippen MR) is 112 cm³/mol. The molecule has 2 aliphatic heterocycles. The Balaban J connectivity index is 1.29. The van der Waals surface area contributed by atoms with E-state index in [0.29, 0.717) is 12.2 Å². The summed E-state index contributed by atoms with van der Waals surface area (Å²) in [4.78, 5) is 13.3. The minimum absolute atomic E-state index is 0.229. The highest BCUT2D eigenvalue weighted by atomic mass is 16.7. The molecule has 29 heavy (non-hydrogen) atoms. The van der Waals surface area contributed by atoms with Crippen molar-refractivity contribution in [3.8, 4) is 11.5 Å². The molecular formula is C25H25NO3. The number of hydrogen-bond donors (Lipinski definition) is 0. The van der Waals surface area contributed by atoms with E-state index in [9.17, 15) is 4.79 Å². The third kappa shape index (κ3) is 2.48. The monoisotopic (exact) mass is 387 g/mol. The van der Waals surface area contributed by atoms with Crippen molar-refractivity contribution in [3.63, 3.8) is 0 Å². The molecule has 0 bridgehead atoms. The maximum absolute atomic E-state index is 13.3. The van der Waals surface area contributed by atoms with Crippen LogP contribution in [0.4, 0.5) is 0 Å². The van der Waals surface area contributed by atoms with Crippen LogP contribution in [0.25, 0.3) is 10.9 Å². The van der Waals surface area contributed by atoms with Gasteiger partial charge in [-0.2, -0.15) is 0 Å². The van der Waals surface area contributed by atoms with Gasteiger partial charge in [-0.3, -0.25) is 4.79 Å². The van der Waals surface area contributed by atoms with Gasteiger partial charge in [0.05, 0.1) is 5.41 Å². The van der Waals surface area contributed by atoms with Gasteiger partial charge >= 0.3 is 0 Å². The van der Waals surface area contributed by atoms with E-state index in [-0.39, 0.29) is 17.6 Å². The molecule has 1 aromatic heterocycles. The van der Waals surface area contributed by atoms with E-state index in [1.165, 1.54) is 23.0 Å². The summed E-state index contributed by atoms with van der Waals surface area (Å²) < 4.78 is 13.4. The zero-order valence-electron chi connectivity index (χ0n) is 17.0. The second kappa shape index (κ2) is 5.65. The van der Waals surface area contributed by atoms with Gasteiger partial charge in [0.25, 0.3) is 0 Å². The first kappa shape index (κ1) is 17.1. The molecule has 4 nitrogen and oxygen atoms in total. The Kier molecular flexibility index (Phi) is 3.34. The van der Waals surface area contributed by atoms with Gasteiger partial charge in [0, 0.05) is 35.0 Å². The lowest BCUT2D eigenvalue weighted by Crippen LogP contribution is -2.22. The topological polar surface area (TPSA) is 40.5 Å². The van der Waals surface area contributed by atoms with Gasteiger partial charge in [-0.15, -0.1) is 0 Å². The van der Waals surface area contributed by atoms with Crippen LogP contribution < -0.4 is 9.47 Å². The number of aryl methyl sites for hydroxylation is 1. The van der Waals surface area contributed by atoms with Gasteiger partial charge in [0.1, 0.15) is 5.78 Å². The van der Waals surface area contributed by atoms with Crippen LogP contribution >= 0.6 is 0 Å². The molecule has 0 radical (unpaired) electrons. The first-order valence-corrected chi connectivity index (χ1v) is 10.5. The second-order valence-corrected chi connectivity index (χ2v) is 9.46. The fourth-order valence-electron chi connectivity index (χ4n) is 5.15. The van der Waals surface area contributed by atoms with Crippen LogP contribution in [0.5, 0.6) is 11.5 Å². The summed E-state index contributed by atoms with van der Waals surface area (Å²) in [5.74, 6) is 1.84. The molecule has 0 atom stereocenters. The van der Waals surface area contributed by atoms with Crippen LogP contribution in [0.1, 0.15) is 49.9 Å². The van der Waals surface area contributed by atoms with E-state index in [4.69, 9.17) is 9.47 Å². The number of ether oxygens (including phenoxy) is 2. The number of fused-ring (bicyclic) bond motifs is 4. The van der Waals surface area contributed by atoms with Crippen LogP contribution in [-0.2, 0) is 28.6 Å². The van der Waals surface area contributed by atoms with E-state index < -0.39 is 0 Å². The molecule has 6 rings (SSSR count). The lowest BCUT2D eigenvalue weighted by Gasteiger charge is -2.15. The van der Waals surface area contributed by atoms with E-state index in [2.05, 4.69) is 42.7 Å². The van der Waals surface area contributed by atoms with E-state index in [1.807, 2.05) is 18.2 Å². The van der Waals surface area contributed by atoms with Gasteiger partial charge in [-0.25, -0.2) is 0 Å². The number of benzene rings is 2. The number of carbonyl (C=O) groups excluding carboxylic acids is 1. The Bertz CT molecular complexity index is 1170. The fraction of sp³-hybridized carbons (Fsp3) is 0.400. The highest BCUT2D eigenvalue weighted by Crippen LogP contribution is 2.51. The molecular weight excluding hydrogens is 362 g/mol. The maximum atomic E-state index is 13.3. The molecule has 2 aromatic carbocycles. The molecule has 0 saturated heterocycles. The van der Waals surface area contributed by atoms with Gasteiger partial charge in [-0.05, 0) is 60.7 Å². The number of aromatic nitrogens is 1. The van der Waals surface area contributed by atoms with Crippen molar-refractivity contribution >= 4 is 16.7 Å². The molecule has 0 spiro atoms. The summed E-state index contributed by atoms with van der Waals surface area (Å²) in [7, 11) is 0. The van der Waals surface area contributed by atoms with E-state index in [0.717, 1.165) is 42.0 Å². The number of hydrogen-bond acceptors (Lipinski definition) is 3. The average molecular weight is 387 g/mol. The zero-order chi connectivity index (χ0) is 19.8. The normalized spacial score (nSPS) is 20.1. The van der Waals surface area contributed by atoms with Crippen LogP contribution in [-0.4, -0.2) is 17.1 Å². The van der Waals surface area contributed by atoms with Crippen molar-refractivity contribution in [1.82, 2.24) is 4.57 Å². The highest BCUT2D eigenvalue weighted by Gasteiger charge is 2.50. The molecule has 3 aromatic rings. The molecule has 148 valence electrons. The minimum atomic E-state index is -0.347. The first-order valence-electron chi connectivity index (χ1n) is 10.5. The number of rotatable bonds is 4. The summed E-state index contributed by atoms with van der Waals surface area (Å²) in [5, 5.41) is 1.26. The van der Waals surface area contributed by atoms with Gasteiger partial charge < -0.3 is 14.0 Å². The van der Waals surface area contributed by atoms with Crippen molar-refractivity contribution in [3.05, 3.63) is 59.3 Å². The molecule has 4 heteroatoms. The van der Waals surface area contributed by atoms with Crippen LogP contribution in [0.2, 0.25) is 0 Å². The Morgan fingerprint density at radius 3 is 2.66 bits per heavy atom. The lowest BCUT2D eigenvalue weighted by molar-refractivity contribution is -0.120. The lowest BCUT2D eigenvalue weighted by atomic mass is 9.87. The Morgan fingerprint density at radius 1 is 1.00 bits per heavy atom. The molecule has 0 amide bonds. The molecule has 1 aliphatic carbocycles. The molecule has 1 fully saturated rings. The molecule has 0 N–H and O–H groups in total. The van der Waals surface area contributed by atoms with Crippen molar-refractivity contribution in [2.75, 3.05) is 6.79 Å². The smallest absolute Gasteiger partial charge is 0.231 e. The third-order valence-electron chi connectivity index (χ3n) is 7.19. The summed E-state index contributed by atoms with van der Waals surface area (Å²) in [6, 6.07) is 14.8. The van der Waals surface area contributed by atoms with Crippen molar-refractivity contribution in [2.45, 2.75) is 56.9 Å². The van der Waals surface area contributed by atoms with E-state index >= 15 is 0 Å². The Morgan fingerprint density at radius 2 is 1.83 bits per heavy atom. The molecule has 3 aliphatic rings. The van der Waals surface area contributed by atoms with Crippen molar-refractivity contribution < 1.29 is 14.3 Å². The fourth-order valence-corrected chi connectivity index (χ4v) is 5.15. The predicted octanol–water partition coefficient (Wildman–Crippen LogP) is 4.89. The largest absolute Gasteiger partial charge is 0.454 e. The summed E-state index contributed by atoms with van der Waals surface area (Å²) >= 11 is 0. The first-order chi connectivity index (χ1) is 14.0. The summed E-state index contributed by atoms with van der Waals surface area (Å²) in [6.45, 7) is 5.98. The summed E-state index contributed by atoms with van der Waals surface area (Å²) in [5.41, 5.74) is 4.76. The van der Waals surface area contributed by atoms with Crippen molar-refractivity contribution in [2.24, 2.45) is 0 Å². The van der Waals surface area contributed by atoms with Gasteiger partial charge in [0.2, 0.25) is 6.79 Å². The molecule has 1 saturated carbocycles. The number of carbonyl (C=O) groups is 1. The Hall–Kier alpha value is -2.75. The van der Waals surface area contributed by atoms with Gasteiger partial charge in [0.15, 0.2) is 11.5 Å². The number of nitrogens with zero attached hydrogens (tertiary/aromatic N) is 1. The minimum Gasteiger partial charge on any atom is -0.454 e. The van der Waals surface area contributed by atoms with Gasteiger partial charge in [-0.1, -0.05) is 26.0 Å². The molecule has 3 heterocycles. The SMILES string of the molecule is CC1(C)CCn2c1cc1cc(CC(=O)C3(c4ccc5c(c4)OCO5)CC3)ccc12. The zero-order valence-corrected chi connectivity index (χ0v) is 17.0. The number of ketones is 1. The second-order valence-electron chi connectivity index (χ2n) is 9.46. The third-order valence-corrected chi connectivity index (χ3v) is 7.19. The van der Waals surface area contributed by atoms with Crippen molar-refractivity contribution in [1.29, 1.82) is 0 Å².